The second-order valence-corrected chi connectivity index (χ2v) is 4.58. The van der Waals surface area contributed by atoms with Gasteiger partial charge in [-0.25, -0.2) is 9.37 Å². The molecule has 0 radical (unpaired) electrons. The Morgan fingerprint density at radius 3 is 2.65 bits per heavy atom. The molecule has 7 heteroatoms. The molecule has 0 aliphatic carbocycles. The number of hydrogen-bond donors (Lipinski definition) is 2. The number of benzene rings is 1. The quantitative estimate of drug-likeness (QED) is 0.435. The summed E-state index contributed by atoms with van der Waals surface area (Å²) in [6, 6.07) is 10.4. The lowest BCUT2D eigenvalue weighted by atomic mass is 10.2. The van der Waals surface area contributed by atoms with E-state index < -0.39 is 0 Å². The Bertz CT molecular complexity index is 651. The van der Waals surface area contributed by atoms with Crippen LogP contribution in [0.15, 0.2) is 47.6 Å². The van der Waals surface area contributed by atoms with Crippen molar-refractivity contribution < 1.29 is 9.13 Å². The average molecular weight is 430 g/mol. The fourth-order valence-electron chi connectivity index (χ4n) is 1.90. The molecule has 0 bridgehead atoms. The van der Waals surface area contributed by atoms with Crippen LogP contribution in [-0.4, -0.2) is 25.1 Å². The molecule has 1 aromatic heterocycles. The largest absolute Gasteiger partial charge is 0.481 e. The lowest BCUT2D eigenvalue weighted by molar-refractivity contribution is 0.397. The molecule has 0 aliphatic rings. The molecule has 2 aromatic rings. The van der Waals surface area contributed by atoms with Crippen LogP contribution in [0.25, 0.3) is 0 Å². The highest BCUT2D eigenvalue weighted by molar-refractivity contribution is 14.0. The van der Waals surface area contributed by atoms with Gasteiger partial charge in [-0.2, -0.15) is 0 Å². The molecule has 2 rings (SSSR count). The van der Waals surface area contributed by atoms with Crippen molar-refractivity contribution in [2.24, 2.45) is 4.99 Å². The highest BCUT2D eigenvalue weighted by atomic mass is 127. The Labute approximate surface area is 152 Å². The molecular weight excluding hydrogens is 410 g/mol. The van der Waals surface area contributed by atoms with E-state index in [0.29, 0.717) is 30.5 Å². The number of halogens is 2. The summed E-state index contributed by atoms with van der Waals surface area (Å²) in [5.74, 6) is 0.928. The smallest absolute Gasteiger partial charge is 0.213 e. The van der Waals surface area contributed by atoms with Crippen molar-refractivity contribution in [1.82, 2.24) is 15.6 Å². The van der Waals surface area contributed by atoms with Gasteiger partial charge in [0.1, 0.15) is 5.82 Å². The van der Waals surface area contributed by atoms with Crippen LogP contribution in [0.1, 0.15) is 11.1 Å². The zero-order valence-electron chi connectivity index (χ0n) is 13.0. The first-order chi connectivity index (χ1) is 10.7. The van der Waals surface area contributed by atoms with E-state index in [4.69, 9.17) is 4.74 Å². The van der Waals surface area contributed by atoms with Gasteiger partial charge in [0.05, 0.1) is 7.11 Å². The summed E-state index contributed by atoms with van der Waals surface area (Å²) in [4.78, 5) is 8.17. The monoisotopic (exact) mass is 430 g/mol. The van der Waals surface area contributed by atoms with Gasteiger partial charge in [0.15, 0.2) is 5.96 Å². The van der Waals surface area contributed by atoms with Crippen LogP contribution < -0.4 is 15.4 Å². The van der Waals surface area contributed by atoms with Gasteiger partial charge in [0, 0.05) is 38.0 Å². The second-order valence-electron chi connectivity index (χ2n) is 4.58. The van der Waals surface area contributed by atoms with Crippen molar-refractivity contribution in [3.63, 3.8) is 0 Å². The van der Waals surface area contributed by atoms with Crippen molar-refractivity contribution in [2.45, 2.75) is 13.1 Å². The number of aliphatic imine (C=N–C) groups is 1. The van der Waals surface area contributed by atoms with E-state index in [2.05, 4.69) is 20.6 Å². The van der Waals surface area contributed by atoms with E-state index in [-0.39, 0.29) is 29.8 Å². The zero-order valence-corrected chi connectivity index (χ0v) is 15.4. The third-order valence-corrected chi connectivity index (χ3v) is 3.10. The van der Waals surface area contributed by atoms with Gasteiger partial charge in [0.25, 0.3) is 0 Å². The number of nitrogens with one attached hydrogen (secondary N) is 2. The lowest BCUT2D eigenvalue weighted by Crippen LogP contribution is -2.36. The van der Waals surface area contributed by atoms with Crippen LogP contribution in [-0.2, 0) is 13.1 Å². The van der Waals surface area contributed by atoms with Crippen molar-refractivity contribution >= 4 is 29.9 Å². The van der Waals surface area contributed by atoms with E-state index in [9.17, 15) is 4.39 Å². The van der Waals surface area contributed by atoms with Gasteiger partial charge in [-0.3, -0.25) is 4.99 Å². The van der Waals surface area contributed by atoms with E-state index in [0.717, 1.165) is 5.56 Å². The molecule has 0 saturated heterocycles. The number of aromatic nitrogens is 1. The van der Waals surface area contributed by atoms with Crippen molar-refractivity contribution in [3.05, 3.63) is 59.5 Å². The second kappa shape index (κ2) is 9.98. The first-order valence-corrected chi connectivity index (χ1v) is 6.89. The highest BCUT2D eigenvalue weighted by Crippen LogP contribution is 2.08. The molecule has 5 nitrogen and oxygen atoms in total. The van der Waals surface area contributed by atoms with Crippen molar-refractivity contribution in [2.75, 3.05) is 14.2 Å². The lowest BCUT2D eigenvalue weighted by Gasteiger charge is -2.12. The predicted molar refractivity (Wildman–Crippen MR) is 99.6 cm³/mol. The molecule has 0 spiro atoms. The number of nitrogens with zero attached hydrogens (tertiary/aromatic N) is 2. The van der Waals surface area contributed by atoms with Crippen LogP contribution in [0, 0.1) is 5.82 Å². The maximum atomic E-state index is 13.6. The SMILES string of the molecule is CN=C(NCc1ccnc(OC)c1)NCc1ccccc1F.I. The summed E-state index contributed by atoms with van der Waals surface area (Å²) >= 11 is 0. The van der Waals surface area contributed by atoms with E-state index in [1.165, 1.54) is 6.07 Å². The number of rotatable bonds is 5. The molecule has 1 aromatic carbocycles. The number of ether oxygens (including phenoxy) is 1. The Morgan fingerprint density at radius 2 is 1.96 bits per heavy atom. The number of guanidine groups is 1. The van der Waals surface area contributed by atoms with E-state index in [1.807, 2.05) is 12.1 Å². The summed E-state index contributed by atoms with van der Waals surface area (Å²) in [6.45, 7) is 0.932. The van der Waals surface area contributed by atoms with Gasteiger partial charge in [0.2, 0.25) is 5.88 Å². The molecule has 0 amide bonds. The Hall–Kier alpha value is -1.90. The first-order valence-electron chi connectivity index (χ1n) is 6.89. The Morgan fingerprint density at radius 1 is 1.22 bits per heavy atom. The minimum Gasteiger partial charge on any atom is -0.481 e. The molecule has 0 atom stereocenters. The molecule has 0 unspecified atom stereocenters. The molecule has 0 fully saturated rings. The number of methoxy groups -OCH3 is 1. The topological polar surface area (TPSA) is 58.5 Å². The average Bonchev–Trinajstić information content (AvgIpc) is 2.56. The van der Waals surface area contributed by atoms with Gasteiger partial charge in [-0.1, -0.05) is 18.2 Å². The number of pyridine rings is 1. The first kappa shape index (κ1) is 19.1. The van der Waals surface area contributed by atoms with E-state index >= 15 is 0 Å². The maximum Gasteiger partial charge on any atom is 0.213 e. The standard InChI is InChI=1S/C16H19FN4O.HI/c1-18-16(21-11-13-5-3-4-6-14(13)17)20-10-12-7-8-19-15(9-12)22-2;/h3-9H,10-11H2,1-2H3,(H2,18,20,21);1H. The summed E-state index contributed by atoms with van der Waals surface area (Å²) in [5, 5.41) is 6.24. The zero-order chi connectivity index (χ0) is 15.8. The van der Waals surface area contributed by atoms with Crippen LogP contribution >= 0.6 is 24.0 Å². The van der Waals surface area contributed by atoms with Gasteiger partial charge >= 0.3 is 0 Å². The molecule has 1 heterocycles. The molecular formula is C16H20FIN4O. The van der Waals surface area contributed by atoms with Crippen LogP contribution in [0.2, 0.25) is 0 Å². The normalized spacial score (nSPS) is 10.7. The van der Waals surface area contributed by atoms with Crippen LogP contribution in [0.5, 0.6) is 5.88 Å². The predicted octanol–water partition coefficient (Wildman–Crippen LogP) is 2.71. The fourth-order valence-corrected chi connectivity index (χ4v) is 1.90. The molecule has 23 heavy (non-hydrogen) atoms. The Balaban J connectivity index is 0.00000264. The molecule has 124 valence electrons. The third-order valence-electron chi connectivity index (χ3n) is 3.10. The molecule has 0 saturated carbocycles. The van der Waals surface area contributed by atoms with Crippen molar-refractivity contribution in [1.29, 1.82) is 0 Å². The fraction of sp³-hybridized carbons (Fsp3) is 0.250. The third kappa shape index (κ3) is 6.01. The summed E-state index contributed by atoms with van der Waals surface area (Å²) in [7, 11) is 3.25. The van der Waals surface area contributed by atoms with Gasteiger partial charge in [-0.15, -0.1) is 24.0 Å². The van der Waals surface area contributed by atoms with Gasteiger partial charge in [-0.05, 0) is 17.7 Å². The minimum absolute atomic E-state index is 0. The number of hydrogen-bond acceptors (Lipinski definition) is 3. The van der Waals surface area contributed by atoms with Crippen LogP contribution in [0.3, 0.4) is 0 Å². The van der Waals surface area contributed by atoms with Gasteiger partial charge < -0.3 is 15.4 Å². The Kier molecular flexibility index (Phi) is 8.31. The van der Waals surface area contributed by atoms with Crippen LogP contribution in [0.4, 0.5) is 4.39 Å². The molecule has 0 aliphatic heterocycles. The highest BCUT2D eigenvalue weighted by Gasteiger charge is 2.03. The summed E-state index contributed by atoms with van der Waals surface area (Å²) in [6.07, 6.45) is 1.69. The maximum absolute atomic E-state index is 13.6. The van der Waals surface area contributed by atoms with Crippen molar-refractivity contribution in [3.8, 4) is 5.88 Å². The summed E-state index contributed by atoms with van der Waals surface area (Å²) in [5.41, 5.74) is 1.61. The summed E-state index contributed by atoms with van der Waals surface area (Å²) < 4.78 is 18.6. The van der Waals surface area contributed by atoms with E-state index in [1.54, 1.807) is 38.6 Å². The minimum atomic E-state index is -0.232. The molecule has 2 N–H and O–H groups in total.